The Hall–Kier alpha value is -6.04. The largest absolute Gasteiger partial charge is 0.493 e. The molecule has 302 valence electrons. The van der Waals surface area contributed by atoms with Crippen molar-refractivity contribution in [3.63, 3.8) is 0 Å². The van der Waals surface area contributed by atoms with Gasteiger partial charge < -0.3 is 39.8 Å². The zero-order chi connectivity index (χ0) is 41.2. The summed E-state index contributed by atoms with van der Waals surface area (Å²) in [6, 6.07) is 25.2. The normalized spacial score (nSPS) is 14.9. The molecule has 0 unspecified atom stereocenters. The summed E-state index contributed by atoms with van der Waals surface area (Å²) in [4.78, 5) is 52.2. The highest BCUT2D eigenvalue weighted by Gasteiger charge is 2.44. The molecule has 2 fully saturated rings. The van der Waals surface area contributed by atoms with Crippen LogP contribution in [0.2, 0.25) is 0 Å². The molecule has 0 bridgehead atoms. The molecule has 4 aromatic rings. The first kappa shape index (κ1) is 42.1. The predicted molar refractivity (Wildman–Crippen MR) is 221 cm³/mol. The molecule has 57 heavy (non-hydrogen) atoms. The minimum absolute atomic E-state index is 0.0621. The van der Waals surface area contributed by atoms with Crippen LogP contribution in [0.5, 0.6) is 23.0 Å². The van der Waals surface area contributed by atoms with Gasteiger partial charge in [0.25, 0.3) is 11.8 Å². The standard InChI is InChI=1S/C23H28N2O4.C22H26N2O4/c1-25(2)22(27)23(13-5-6-14-23)17-8-10-18(11-9-17)24-21(26)16-7-12-19(28-3)20(15-16)29-4;1-23-21(26)22(12-4-5-13-22)16-7-9-17(10-8-16)24-20(25)15-6-11-18(27-2)19(14-15)28-3/h7-12,15H,5-6,13-14H2,1-4H3,(H,24,26);6-11,14H,4-5,12-13H2,1-3H3,(H,23,26)(H,24,25). The number of benzene rings is 4. The van der Waals surface area contributed by atoms with Crippen LogP contribution < -0.4 is 34.9 Å². The molecule has 0 atom stereocenters. The summed E-state index contributed by atoms with van der Waals surface area (Å²) in [6.07, 6.45) is 7.63. The van der Waals surface area contributed by atoms with Crippen molar-refractivity contribution in [2.24, 2.45) is 0 Å². The van der Waals surface area contributed by atoms with Gasteiger partial charge in [-0.1, -0.05) is 49.9 Å². The van der Waals surface area contributed by atoms with Crippen LogP contribution in [0.1, 0.15) is 83.2 Å². The van der Waals surface area contributed by atoms with E-state index in [-0.39, 0.29) is 23.6 Å². The van der Waals surface area contributed by atoms with Gasteiger partial charge in [-0.25, -0.2) is 0 Å². The second-order valence-corrected chi connectivity index (χ2v) is 14.6. The van der Waals surface area contributed by atoms with E-state index in [9.17, 15) is 19.2 Å². The van der Waals surface area contributed by atoms with Crippen molar-refractivity contribution >= 4 is 35.0 Å². The Morgan fingerprint density at radius 2 is 0.895 bits per heavy atom. The zero-order valence-corrected chi connectivity index (χ0v) is 34.0. The van der Waals surface area contributed by atoms with Gasteiger partial charge in [0.2, 0.25) is 11.8 Å². The van der Waals surface area contributed by atoms with E-state index in [1.165, 1.54) is 14.2 Å². The minimum atomic E-state index is -0.458. The number of carbonyl (C=O) groups is 4. The second-order valence-electron chi connectivity index (χ2n) is 14.6. The van der Waals surface area contributed by atoms with Crippen LogP contribution in [0.4, 0.5) is 11.4 Å². The third-order valence-corrected chi connectivity index (χ3v) is 11.1. The zero-order valence-electron chi connectivity index (χ0n) is 34.0. The average molecular weight is 779 g/mol. The molecule has 0 spiro atoms. The van der Waals surface area contributed by atoms with Crippen LogP contribution in [-0.4, -0.2) is 78.1 Å². The molecule has 2 aliphatic carbocycles. The number of nitrogens with one attached hydrogen (secondary N) is 3. The molecular weight excluding hydrogens is 725 g/mol. The number of likely N-dealkylation sites (N-methyl/N-ethyl adjacent to an activating group) is 2. The van der Waals surface area contributed by atoms with E-state index in [0.717, 1.165) is 62.5 Å². The van der Waals surface area contributed by atoms with Gasteiger partial charge in [0.05, 0.1) is 39.3 Å². The Labute approximate surface area is 335 Å². The number of carbonyl (C=O) groups excluding carboxylic acids is 4. The maximum Gasteiger partial charge on any atom is 0.255 e. The van der Waals surface area contributed by atoms with Crippen molar-refractivity contribution in [3.05, 3.63) is 107 Å². The first-order chi connectivity index (χ1) is 27.4. The van der Waals surface area contributed by atoms with Crippen LogP contribution in [-0.2, 0) is 20.4 Å². The number of ether oxygens (including phenoxy) is 4. The molecule has 2 aliphatic rings. The summed E-state index contributed by atoms with van der Waals surface area (Å²) < 4.78 is 20.9. The molecule has 3 N–H and O–H groups in total. The Morgan fingerprint density at radius 1 is 0.526 bits per heavy atom. The van der Waals surface area contributed by atoms with Crippen molar-refractivity contribution in [1.29, 1.82) is 0 Å². The van der Waals surface area contributed by atoms with Crippen molar-refractivity contribution in [2.45, 2.75) is 62.2 Å². The first-order valence-corrected chi connectivity index (χ1v) is 19.2. The van der Waals surface area contributed by atoms with E-state index < -0.39 is 10.8 Å². The lowest BCUT2D eigenvalue weighted by molar-refractivity contribution is -0.134. The van der Waals surface area contributed by atoms with Gasteiger partial charge in [-0.15, -0.1) is 0 Å². The summed E-state index contributed by atoms with van der Waals surface area (Å²) in [6.45, 7) is 0. The molecule has 0 aliphatic heterocycles. The Morgan fingerprint density at radius 3 is 1.25 bits per heavy atom. The van der Waals surface area contributed by atoms with Gasteiger partial charge >= 0.3 is 0 Å². The minimum Gasteiger partial charge on any atom is -0.493 e. The molecule has 12 heteroatoms. The van der Waals surface area contributed by atoms with Crippen molar-refractivity contribution in [3.8, 4) is 23.0 Å². The lowest BCUT2D eigenvalue weighted by Gasteiger charge is -2.31. The number of nitrogens with zero attached hydrogens (tertiary/aromatic N) is 1. The number of hydrogen-bond donors (Lipinski definition) is 3. The van der Waals surface area contributed by atoms with Crippen LogP contribution in [0.3, 0.4) is 0 Å². The lowest BCUT2D eigenvalue weighted by atomic mass is 9.77. The molecule has 0 radical (unpaired) electrons. The van der Waals surface area contributed by atoms with Gasteiger partial charge in [0.15, 0.2) is 23.0 Å². The molecule has 0 heterocycles. The Bertz CT molecular complexity index is 2030. The quantitative estimate of drug-likeness (QED) is 0.135. The van der Waals surface area contributed by atoms with Gasteiger partial charge in [-0.3, -0.25) is 19.2 Å². The van der Waals surface area contributed by atoms with E-state index in [1.54, 1.807) is 76.7 Å². The van der Waals surface area contributed by atoms with E-state index >= 15 is 0 Å². The number of rotatable bonds is 12. The monoisotopic (exact) mass is 778 g/mol. The summed E-state index contributed by atoms with van der Waals surface area (Å²) in [5.74, 6) is 1.87. The first-order valence-electron chi connectivity index (χ1n) is 19.2. The van der Waals surface area contributed by atoms with E-state index in [2.05, 4.69) is 16.0 Å². The molecule has 4 aromatic carbocycles. The summed E-state index contributed by atoms with van der Waals surface area (Å²) in [5.41, 5.74) is 3.40. The second kappa shape index (κ2) is 18.7. The third-order valence-electron chi connectivity index (χ3n) is 11.1. The van der Waals surface area contributed by atoms with Crippen LogP contribution in [0.25, 0.3) is 0 Å². The highest BCUT2D eigenvalue weighted by Crippen LogP contribution is 2.43. The molecule has 12 nitrogen and oxygen atoms in total. The maximum atomic E-state index is 12.9. The van der Waals surface area contributed by atoms with Crippen molar-refractivity contribution in [2.75, 3.05) is 60.2 Å². The third kappa shape index (κ3) is 9.17. The molecule has 0 aromatic heterocycles. The smallest absolute Gasteiger partial charge is 0.255 e. The van der Waals surface area contributed by atoms with Gasteiger partial charge in [-0.2, -0.15) is 0 Å². The topological polar surface area (TPSA) is 145 Å². The predicted octanol–water partition coefficient (Wildman–Crippen LogP) is 7.37. The Kier molecular flexibility index (Phi) is 13.8. The van der Waals surface area contributed by atoms with E-state index in [1.807, 2.05) is 48.5 Å². The fourth-order valence-corrected chi connectivity index (χ4v) is 8.00. The fourth-order valence-electron chi connectivity index (χ4n) is 8.00. The number of anilines is 2. The summed E-state index contributed by atoms with van der Waals surface area (Å²) >= 11 is 0. The molecule has 2 saturated carbocycles. The fraction of sp³-hybridized carbons (Fsp3) is 0.378. The van der Waals surface area contributed by atoms with Crippen LogP contribution in [0, 0.1) is 0 Å². The summed E-state index contributed by atoms with van der Waals surface area (Å²) in [5, 5.41) is 8.59. The van der Waals surface area contributed by atoms with Crippen LogP contribution >= 0.6 is 0 Å². The van der Waals surface area contributed by atoms with E-state index in [0.29, 0.717) is 45.5 Å². The average Bonchev–Trinajstić information content (AvgIpc) is 3.96. The number of amides is 4. The van der Waals surface area contributed by atoms with Crippen molar-refractivity contribution < 1.29 is 38.1 Å². The SMILES string of the molecule is CNC(=O)C1(c2ccc(NC(=O)c3ccc(OC)c(OC)c3)cc2)CCCC1.COc1ccc(C(=O)Nc2ccc(C3(C(=O)N(C)C)CCCC3)cc2)cc1OC. The summed E-state index contributed by atoms with van der Waals surface area (Å²) in [7, 11) is 11.5. The maximum absolute atomic E-state index is 12.9. The highest BCUT2D eigenvalue weighted by molar-refractivity contribution is 6.05. The molecule has 0 saturated heterocycles. The van der Waals surface area contributed by atoms with E-state index in [4.69, 9.17) is 18.9 Å². The van der Waals surface area contributed by atoms with Crippen LogP contribution in [0.15, 0.2) is 84.9 Å². The van der Waals surface area contributed by atoms with Crippen molar-refractivity contribution in [1.82, 2.24) is 10.2 Å². The molecule has 6 rings (SSSR count). The van der Waals surface area contributed by atoms with Gasteiger partial charge in [0.1, 0.15) is 0 Å². The van der Waals surface area contributed by atoms with Gasteiger partial charge in [0, 0.05) is 43.6 Å². The molecule has 4 amide bonds. The number of methoxy groups -OCH3 is 4. The number of hydrogen-bond acceptors (Lipinski definition) is 8. The highest BCUT2D eigenvalue weighted by atomic mass is 16.5. The lowest BCUT2D eigenvalue weighted by Crippen LogP contribution is -2.41. The Balaban J connectivity index is 0.000000218. The molecular formula is C45H54N4O8. The van der Waals surface area contributed by atoms with Gasteiger partial charge in [-0.05, 0) is 97.5 Å².